The van der Waals surface area contributed by atoms with Crippen LogP contribution in [0.4, 0.5) is 5.69 Å². The smallest absolute Gasteiger partial charge is 0.229 e. The number of methoxy groups -OCH3 is 2. The molecule has 0 fully saturated rings. The third-order valence-electron chi connectivity index (χ3n) is 5.57. The highest BCUT2D eigenvalue weighted by Crippen LogP contribution is 2.31. The summed E-state index contributed by atoms with van der Waals surface area (Å²) in [4.78, 5) is 0. The van der Waals surface area contributed by atoms with Crippen molar-refractivity contribution < 1.29 is 28.1 Å². The molecule has 0 aliphatic rings. The first-order chi connectivity index (χ1) is 17.1. The molecule has 2 atom stereocenters. The first-order valence-corrected chi connectivity index (χ1v) is 13.5. The molecule has 0 bridgehead atoms. The van der Waals surface area contributed by atoms with Crippen LogP contribution in [0.2, 0.25) is 5.02 Å². The summed E-state index contributed by atoms with van der Waals surface area (Å²) in [5.74, 6) is 1.03. The Morgan fingerprint density at radius 3 is 2.33 bits per heavy atom. The average Bonchev–Trinajstić information content (AvgIpc) is 2.82. The van der Waals surface area contributed by atoms with Gasteiger partial charge in [-0.1, -0.05) is 35.9 Å². The maximum atomic E-state index is 11.5. The van der Waals surface area contributed by atoms with Crippen molar-refractivity contribution in [2.24, 2.45) is 0 Å². The maximum absolute atomic E-state index is 11.5. The SMILES string of the molecule is COc1ccc([C@@H](Cc2cccc(Cl)c2)NC[C@@H](O)Cc2ccc(O)c(NS(C)(=O)=O)c2)cc1OC. The lowest BCUT2D eigenvalue weighted by atomic mass is 9.97. The summed E-state index contributed by atoms with van der Waals surface area (Å²) in [6.07, 6.45) is 1.10. The monoisotopic (exact) mass is 534 g/mol. The van der Waals surface area contributed by atoms with Crippen molar-refractivity contribution in [1.82, 2.24) is 5.32 Å². The number of hydrogen-bond donors (Lipinski definition) is 4. The lowest BCUT2D eigenvalue weighted by Crippen LogP contribution is -2.32. The standard InChI is InChI=1S/C26H31ClN2O6S/c1-34-25-10-8-19(15-26(25)35-2)22(13-17-5-4-6-20(27)11-17)28-16-21(30)12-18-7-9-24(31)23(14-18)29-36(3,32)33/h4-11,14-15,21-22,28-31H,12-13,16H2,1-3H3/t21-,22+/m0/s1. The van der Waals surface area contributed by atoms with Gasteiger partial charge in [0.05, 0.1) is 32.3 Å². The lowest BCUT2D eigenvalue weighted by molar-refractivity contribution is 0.167. The van der Waals surface area contributed by atoms with Crippen molar-refractivity contribution in [1.29, 1.82) is 0 Å². The molecule has 36 heavy (non-hydrogen) atoms. The fourth-order valence-corrected chi connectivity index (χ4v) is 4.67. The number of ether oxygens (including phenoxy) is 2. The van der Waals surface area contributed by atoms with Gasteiger partial charge in [-0.2, -0.15) is 0 Å². The van der Waals surface area contributed by atoms with Crippen LogP contribution in [0.25, 0.3) is 0 Å². The summed E-state index contributed by atoms with van der Waals surface area (Å²) >= 11 is 6.19. The normalized spacial score (nSPS) is 13.1. The van der Waals surface area contributed by atoms with Crippen LogP contribution in [0.3, 0.4) is 0 Å². The number of hydrogen-bond acceptors (Lipinski definition) is 7. The van der Waals surface area contributed by atoms with Crippen molar-refractivity contribution in [2.45, 2.75) is 25.0 Å². The number of nitrogens with one attached hydrogen (secondary N) is 2. The fraction of sp³-hybridized carbons (Fsp3) is 0.308. The van der Waals surface area contributed by atoms with Gasteiger partial charge in [0, 0.05) is 17.6 Å². The van der Waals surface area contributed by atoms with Crippen molar-refractivity contribution in [2.75, 3.05) is 31.7 Å². The van der Waals surface area contributed by atoms with Gasteiger partial charge in [0.2, 0.25) is 10.0 Å². The molecule has 0 heterocycles. The highest BCUT2D eigenvalue weighted by Gasteiger charge is 2.18. The Kier molecular flexibility index (Phi) is 9.44. The topological polar surface area (TPSA) is 117 Å². The fourth-order valence-electron chi connectivity index (χ4n) is 3.89. The second kappa shape index (κ2) is 12.3. The Morgan fingerprint density at radius 1 is 0.944 bits per heavy atom. The van der Waals surface area contributed by atoms with Crippen molar-refractivity contribution in [3.63, 3.8) is 0 Å². The van der Waals surface area contributed by atoms with E-state index in [1.165, 1.54) is 12.1 Å². The van der Waals surface area contributed by atoms with Crippen LogP contribution in [-0.4, -0.2) is 51.8 Å². The molecule has 194 valence electrons. The van der Waals surface area contributed by atoms with Crippen LogP contribution in [0.5, 0.6) is 17.2 Å². The zero-order chi connectivity index (χ0) is 26.3. The molecule has 8 nitrogen and oxygen atoms in total. The van der Waals surface area contributed by atoms with Crippen molar-refractivity contribution in [3.8, 4) is 17.2 Å². The minimum absolute atomic E-state index is 0.0688. The second-order valence-electron chi connectivity index (χ2n) is 8.49. The number of rotatable bonds is 12. The number of phenolic OH excluding ortho intramolecular Hbond substituents is 1. The molecule has 4 N–H and O–H groups in total. The zero-order valence-electron chi connectivity index (χ0n) is 20.4. The maximum Gasteiger partial charge on any atom is 0.229 e. The average molecular weight is 535 g/mol. The van der Waals surface area contributed by atoms with E-state index in [4.69, 9.17) is 21.1 Å². The molecule has 0 spiro atoms. The van der Waals surface area contributed by atoms with E-state index in [0.717, 1.165) is 17.4 Å². The molecule has 0 amide bonds. The summed E-state index contributed by atoms with van der Waals surface area (Å²) in [7, 11) is -0.396. The minimum atomic E-state index is -3.55. The third kappa shape index (κ3) is 8.03. The van der Waals surface area contributed by atoms with Gasteiger partial charge in [-0.05, 0) is 65.9 Å². The van der Waals surface area contributed by atoms with E-state index in [1.54, 1.807) is 20.3 Å². The molecule has 3 rings (SSSR count). The van der Waals surface area contributed by atoms with Gasteiger partial charge in [-0.25, -0.2) is 8.42 Å². The lowest BCUT2D eigenvalue weighted by Gasteiger charge is -2.23. The third-order valence-corrected chi connectivity index (χ3v) is 6.39. The van der Waals surface area contributed by atoms with Gasteiger partial charge in [0.15, 0.2) is 11.5 Å². The van der Waals surface area contributed by atoms with E-state index in [2.05, 4.69) is 10.0 Å². The van der Waals surface area contributed by atoms with E-state index in [0.29, 0.717) is 28.5 Å². The number of sulfonamides is 1. The van der Waals surface area contributed by atoms with Gasteiger partial charge >= 0.3 is 0 Å². The molecule has 0 aromatic heterocycles. The number of aromatic hydroxyl groups is 1. The molecule has 0 saturated carbocycles. The predicted molar refractivity (Wildman–Crippen MR) is 142 cm³/mol. The van der Waals surface area contributed by atoms with Crippen LogP contribution >= 0.6 is 11.6 Å². The second-order valence-corrected chi connectivity index (χ2v) is 10.7. The van der Waals surface area contributed by atoms with Crippen LogP contribution in [0, 0.1) is 0 Å². The Labute approximate surface area is 216 Å². The van der Waals surface area contributed by atoms with E-state index < -0.39 is 16.1 Å². The van der Waals surface area contributed by atoms with Gasteiger partial charge in [0.1, 0.15) is 5.75 Å². The molecule has 3 aromatic carbocycles. The number of benzene rings is 3. The largest absolute Gasteiger partial charge is 0.506 e. The molecule has 0 unspecified atom stereocenters. The van der Waals surface area contributed by atoms with Crippen molar-refractivity contribution >= 4 is 27.3 Å². The summed E-state index contributed by atoms with van der Waals surface area (Å²) in [5, 5.41) is 24.8. The summed E-state index contributed by atoms with van der Waals surface area (Å²) in [6, 6.07) is 17.7. The number of phenols is 1. The van der Waals surface area contributed by atoms with Gasteiger partial charge in [0.25, 0.3) is 0 Å². The number of halogens is 1. The first kappa shape index (κ1) is 27.6. The summed E-state index contributed by atoms with van der Waals surface area (Å²) < 4.78 is 36.2. The van der Waals surface area contributed by atoms with Crippen LogP contribution < -0.4 is 19.5 Å². The predicted octanol–water partition coefficient (Wildman–Crippen LogP) is 3.91. The summed E-state index contributed by atoms with van der Waals surface area (Å²) in [6.45, 7) is 0.259. The van der Waals surface area contributed by atoms with Gasteiger partial charge in [-0.3, -0.25) is 4.72 Å². The Hall–Kier alpha value is -2.98. The Morgan fingerprint density at radius 2 is 1.67 bits per heavy atom. The van der Waals surface area contributed by atoms with Crippen LogP contribution in [-0.2, 0) is 22.9 Å². The molecular weight excluding hydrogens is 504 g/mol. The van der Waals surface area contributed by atoms with E-state index in [9.17, 15) is 18.6 Å². The highest BCUT2D eigenvalue weighted by atomic mass is 35.5. The van der Waals surface area contributed by atoms with Crippen LogP contribution in [0.15, 0.2) is 60.7 Å². The first-order valence-electron chi connectivity index (χ1n) is 11.3. The number of aliphatic hydroxyl groups is 1. The molecule has 0 radical (unpaired) electrons. The van der Waals surface area contributed by atoms with E-state index >= 15 is 0 Å². The van der Waals surface area contributed by atoms with Gasteiger partial charge in [-0.15, -0.1) is 0 Å². The Balaban J connectivity index is 1.76. The molecular formula is C26H31ClN2O6S. The molecule has 10 heteroatoms. The molecule has 3 aromatic rings. The number of anilines is 1. The van der Waals surface area contributed by atoms with E-state index in [1.807, 2.05) is 42.5 Å². The van der Waals surface area contributed by atoms with Crippen LogP contribution in [0.1, 0.15) is 22.7 Å². The minimum Gasteiger partial charge on any atom is -0.506 e. The molecule has 0 aliphatic carbocycles. The highest BCUT2D eigenvalue weighted by molar-refractivity contribution is 7.92. The number of aliphatic hydroxyl groups excluding tert-OH is 1. The Bertz CT molecular complexity index is 1290. The quantitative estimate of drug-likeness (QED) is 0.260. The molecule has 0 aliphatic heterocycles. The summed E-state index contributed by atoms with van der Waals surface area (Å²) in [5.41, 5.74) is 2.72. The van der Waals surface area contributed by atoms with Gasteiger partial charge < -0.3 is 25.0 Å². The molecule has 0 saturated heterocycles. The van der Waals surface area contributed by atoms with E-state index in [-0.39, 0.29) is 30.4 Å². The zero-order valence-corrected chi connectivity index (χ0v) is 21.9. The van der Waals surface area contributed by atoms with Crippen molar-refractivity contribution in [3.05, 3.63) is 82.4 Å².